The number of hydroxylamine groups is 1. The molecule has 0 saturated heterocycles. The Morgan fingerprint density at radius 2 is 1.48 bits per heavy atom. The number of nitrogens with one attached hydrogen (secondary N) is 1. The Bertz CT molecular complexity index is 995. The molecule has 1 aliphatic heterocycles. The van der Waals surface area contributed by atoms with Crippen LogP contribution in [0.2, 0.25) is 0 Å². The van der Waals surface area contributed by atoms with Crippen molar-refractivity contribution >= 4 is 17.3 Å². The minimum atomic E-state index is -0.589. The number of aliphatic imine (C=N–C) groups is 1. The molecule has 5 heteroatoms. The first-order chi connectivity index (χ1) is 12.3. The SMILES string of the molecule is O=C(NO)c1ccccc1C1=Nc2ccccc2Oc2ccccc21. The second-order valence-corrected chi connectivity index (χ2v) is 5.51. The van der Waals surface area contributed by atoms with Crippen LogP contribution in [0.25, 0.3) is 0 Å². The summed E-state index contributed by atoms with van der Waals surface area (Å²) in [5.41, 5.74) is 4.70. The lowest BCUT2D eigenvalue weighted by Crippen LogP contribution is -2.22. The molecule has 0 bridgehead atoms. The van der Waals surface area contributed by atoms with Gasteiger partial charge in [-0.3, -0.25) is 10.0 Å². The van der Waals surface area contributed by atoms with Crippen LogP contribution in [0.5, 0.6) is 11.5 Å². The van der Waals surface area contributed by atoms with Crippen molar-refractivity contribution in [1.29, 1.82) is 0 Å². The highest BCUT2D eigenvalue weighted by atomic mass is 16.5. The fraction of sp³-hybridized carbons (Fsp3) is 0. The maximum atomic E-state index is 12.1. The van der Waals surface area contributed by atoms with Crippen LogP contribution in [0, 0.1) is 0 Å². The molecule has 0 fully saturated rings. The van der Waals surface area contributed by atoms with Crippen LogP contribution in [0.4, 0.5) is 5.69 Å². The summed E-state index contributed by atoms with van der Waals surface area (Å²) >= 11 is 0. The summed E-state index contributed by atoms with van der Waals surface area (Å²) < 4.78 is 6.02. The van der Waals surface area contributed by atoms with Crippen molar-refractivity contribution in [3.8, 4) is 11.5 Å². The zero-order valence-electron chi connectivity index (χ0n) is 13.1. The molecule has 1 amide bonds. The minimum Gasteiger partial charge on any atom is -0.454 e. The fourth-order valence-corrected chi connectivity index (χ4v) is 2.84. The molecule has 5 nitrogen and oxygen atoms in total. The predicted molar refractivity (Wildman–Crippen MR) is 94.0 cm³/mol. The molecule has 1 heterocycles. The van der Waals surface area contributed by atoms with Gasteiger partial charge in [0.2, 0.25) is 0 Å². The predicted octanol–water partition coefficient (Wildman–Crippen LogP) is 4.08. The normalized spacial score (nSPS) is 12.1. The Balaban J connectivity index is 2.01. The molecule has 0 aliphatic carbocycles. The third-order valence-electron chi connectivity index (χ3n) is 3.99. The van der Waals surface area contributed by atoms with Gasteiger partial charge in [0.1, 0.15) is 11.4 Å². The number of amides is 1. The maximum Gasteiger partial charge on any atom is 0.275 e. The topological polar surface area (TPSA) is 70.9 Å². The molecule has 3 aromatic rings. The number of hydrogen-bond donors (Lipinski definition) is 2. The van der Waals surface area contributed by atoms with E-state index in [2.05, 4.69) is 0 Å². The number of para-hydroxylation sites is 3. The number of carbonyl (C=O) groups is 1. The van der Waals surface area contributed by atoms with E-state index < -0.39 is 5.91 Å². The Morgan fingerprint density at radius 3 is 2.28 bits per heavy atom. The molecule has 0 unspecified atom stereocenters. The van der Waals surface area contributed by atoms with Crippen LogP contribution in [0.15, 0.2) is 77.8 Å². The number of carbonyl (C=O) groups excluding carboxylic acids is 1. The number of nitrogens with zero attached hydrogens (tertiary/aromatic N) is 1. The van der Waals surface area contributed by atoms with E-state index in [1.807, 2.05) is 54.6 Å². The average molecular weight is 330 g/mol. The van der Waals surface area contributed by atoms with E-state index in [0.717, 1.165) is 5.56 Å². The third-order valence-corrected chi connectivity index (χ3v) is 3.99. The van der Waals surface area contributed by atoms with E-state index in [1.54, 1.807) is 23.7 Å². The summed E-state index contributed by atoms with van der Waals surface area (Å²) in [7, 11) is 0. The van der Waals surface area contributed by atoms with Gasteiger partial charge in [-0.05, 0) is 30.3 Å². The zero-order chi connectivity index (χ0) is 17.2. The third kappa shape index (κ3) is 2.66. The minimum absolute atomic E-state index is 0.331. The van der Waals surface area contributed by atoms with Crippen molar-refractivity contribution in [3.05, 3.63) is 89.5 Å². The van der Waals surface area contributed by atoms with Crippen molar-refractivity contribution in [1.82, 2.24) is 5.48 Å². The van der Waals surface area contributed by atoms with E-state index in [1.165, 1.54) is 0 Å². The molecular weight excluding hydrogens is 316 g/mol. The zero-order valence-corrected chi connectivity index (χ0v) is 13.1. The van der Waals surface area contributed by atoms with Gasteiger partial charge in [-0.1, -0.05) is 42.5 Å². The summed E-state index contributed by atoms with van der Waals surface area (Å²) in [5, 5.41) is 9.06. The summed E-state index contributed by atoms with van der Waals surface area (Å²) in [6, 6.07) is 22.0. The van der Waals surface area contributed by atoms with Crippen molar-refractivity contribution in [3.63, 3.8) is 0 Å². The molecule has 2 N–H and O–H groups in total. The molecule has 0 spiro atoms. The van der Waals surface area contributed by atoms with Crippen molar-refractivity contribution < 1.29 is 14.7 Å². The first-order valence-electron chi connectivity index (χ1n) is 7.77. The molecule has 4 rings (SSSR count). The molecule has 1 aliphatic rings. The second-order valence-electron chi connectivity index (χ2n) is 5.51. The van der Waals surface area contributed by atoms with E-state index in [9.17, 15) is 4.79 Å². The quantitative estimate of drug-likeness (QED) is 0.430. The Kier molecular flexibility index (Phi) is 3.76. The Hall–Kier alpha value is -3.44. The number of hydrogen-bond acceptors (Lipinski definition) is 4. The van der Waals surface area contributed by atoms with Crippen molar-refractivity contribution in [2.45, 2.75) is 0 Å². The summed E-state index contributed by atoms with van der Waals surface area (Å²) in [6.07, 6.45) is 0. The Morgan fingerprint density at radius 1 is 0.840 bits per heavy atom. The van der Waals surface area contributed by atoms with Crippen LogP contribution < -0.4 is 10.2 Å². The Labute approximate surface area is 144 Å². The number of fused-ring (bicyclic) bond motifs is 2. The maximum absolute atomic E-state index is 12.1. The lowest BCUT2D eigenvalue weighted by Gasteiger charge is -2.12. The van der Waals surface area contributed by atoms with Gasteiger partial charge < -0.3 is 4.74 Å². The van der Waals surface area contributed by atoms with E-state index in [0.29, 0.717) is 34.0 Å². The van der Waals surface area contributed by atoms with Crippen molar-refractivity contribution in [2.75, 3.05) is 0 Å². The summed E-state index contributed by atoms with van der Waals surface area (Å²) in [5.74, 6) is 0.716. The molecule has 0 atom stereocenters. The van der Waals surface area contributed by atoms with E-state index in [-0.39, 0.29) is 0 Å². The number of benzene rings is 3. The highest BCUT2D eigenvalue weighted by molar-refractivity contribution is 6.20. The standard InChI is InChI=1S/C20H14N2O3/c23-20(22-24)14-8-2-1-7-13(14)19-15-9-3-5-11-17(15)25-18-12-6-4-10-16(18)21-19/h1-12,24H,(H,22,23). The molecular formula is C20H14N2O3. The average Bonchev–Trinajstić information content (AvgIpc) is 2.84. The fourth-order valence-electron chi connectivity index (χ4n) is 2.84. The van der Waals surface area contributed by atoms with Crippen LogP contribution in [0.3, 0.4) is 0 Å². The molecule has 0 radical (unpaired) electrons. The van der Waals surface area contributed by atoms with E-state index >= 15 is 0 Å². The largest absolute Gasteiger partial charge is 0.454 e. The molecule has 3 aromatic carbocycles. The van der Waals surface area contributed by atoms with Crippen LogP contribution in [-0.4, -0.2) is 16.8 Å². The molecule has 0 aromatic heterocycles. The van der Waals surface area contributed by atoms with Gasteiger partial charge in [-0.15, -0.1) is 0 Å². The van der Waals surface area contributed by atoms with Gasteiger partial charge in [-0.25, -0.2) is 10.5 Å². The number of ether oxygens (including phenoxy) is 1. The van der Waals surface area contributed by atoms with Gasteiger partial charge in [0.25, 0.3) is 5.91 Å². The van der Waals surface area contributed by atoms with Crippen LogP contribution in [0.1, 0.15) is 21.5 Å². The monoisotopic (exact) mass is 330 g/mol. The van der Waals surface area contributed by atoms with Gasteiger partial charge in [0, 0.05) is 11.1 Å². The van der Waals surface area contributed by atoms with Gasteiger partial charge in [-0.2, -0.15) is 0 Å². The lowest BCUT2D eigenvalue weighted by molar-refractivity contribution is 0.0706. The summed E-state index contributed by atoms with van der Waals surface area (Å²) in [6.45, 7) is 0. The first kappa shape index (κ1) is 15.1. The first-order valence-corrected chi connectivity index (χ1v) is 7.77. The van der Waals surface area contributed by atoms with Gasteiger partial charge in [0.15, 0.2) is 5.75 Å². The van der Waals surface area contributed by atoms with Gasteiger partial charge >= 0.3 is 0 Å². The van der Waals surface area contributed by atoms with Crippen LogP contribution >= 0.6 is 0 Å². The molecule has 25 heavy (non-hydrogen) atoms. The number of rotatable bonds is 2. The lowest BCUT2D eigenvalue weighted by atomic mass is 9.96. The summed E-state index contributed by atoms with van der Waals surface area (Å²) in [4.78, 5) is 16.8. The van der Waals surface area contributed by atoms with Gasteiger partial charge in [0.05, 0.1) is 11.3 Å². The molecule has 0 saturated carbocycles. The highest BCUT2D eigenvalue weighted by Gasteiger charge is 2.22. The van der Waals surface area contributed by atoms with Crippen molar-refractivity contribution in [2.24, 2.45) is 4.99 Å². The highest BCUT2D eigenvalue weighted by Crippen LogP contribution is 2.38. The second kappa shape index (κ2) is 6.22. The van der Waals surface area contributed by atoms with E-state index in [4.69, 9.17) is 14.9 Å². The molecule has 122 valence electrons. The smallest absolute Gasteiger partial charge is 0.275 e. The van der Waals surface area contributed by atoms with Crippen LogP contribution in [-0.2, 0) is 0 Å².